The van der Waals surface area contributed by atoms with E-state index in [0.717, 1.165) is 22.5 Å². The molecule has 3 rings (SSSR count). The molecule has 0 spiro atoms. The van der Waals surface area contributed by atoms with Gasteiger partial charge in [-0.05, 0) is 17.7 Å². The molecule has 0 saturated carbocycles. The van der Waals surface area contributed by atoms with Crippen molar-refractivity contribution < 1.29 is 0 Å². The molecule has 0 fully saturated rings. The Morgan fingerprint density at radius 2 is 1.74 bits per heavy atom. The molecule has 5 nitrogen and oxygen atoms in total. The van der Waals surface area contributed by atoms with Gasteiger partial charge in [0.25, 0.3) is 0 Å². The van der Waals surface area contributed by atoms with Gasteiger partial charge in [0.1, 0.15) is 0 Å². The van der Waals surface area contributed by atoms with E-state index in [4.69, 9.17) is 10.6 Å². The molecule has 1 heterocycles. The van der Waals surface area contributed by atoms with Crippen LogP contribution < -0.4 is 0 Å². The van der Waals surface area contributed by atoms with Crippen LogP contribution in [0.25, 0.3) is 33.5 Å². The lowest BCUT2D eigenvalue weighted by Crippen LogP contribution is -1.93. The Morgan fingerprint density at radius 1 is 1.04 bits per heavy atom. The maximum atomic E-state index is 8.36. The molecule has 0 saturated heterocycles. The summed E-state index contributed by atoms with van der Waals surface area (Å²) in [5.41, 5.74) is 12.3. The van der Waals surface area contributed by atoms with Crippen molar-refractivity contribution >= 4 is 6.08 Å². The van der Waals surface area contributed by atoms with Crippen LogP contribution in [0, 0.1) is 0 Å². The predicted molar refractivity (Wildman–Crippen MR) is 92.0 cm³/mol. The maximum Gasteiger partial charge on any atom is 0.0999 e. The van der Waals surface area contributed by atoms with E-state index in [9.17, 15) is 0 Å². The van der Waals surface area contributed by atoms with Gasteiger partial charge in [-0.2, -0.15) is 5.10 Å². The third kappa shape index (κ3) is 3.48. The summed E-state index contributed by atoms with van der Waals surface area (Å²) in [5.74, 6) is 0. The molecule has 0 radical (unpaired) electrons. The van der Waals surface area contributed by atoms with Gasteiger partial charge in [-0.15, -0.1) is 0 Å². The summed E-state index contributed by atoms with van der Waals surface area (Å²) in [4.78, 5) is 2.75. The number of nitrogens with zero attached hydrogens (tertiary/aromatic N) is 5. The molecule has 0 aliphatic carbocycles. The van der Waals surface area contributed by atoms with Crippen molar-refractivity contribution in [2.75, 3.05) is 6.54 Å². The normalized spacial score (nSPS) is 10.6. The molecular formula is C18H15N5. The number of benzene rings is 2. The fourth-order valence-corrected chi connectivity index (χ4v) is 2.31. The van der Waals surface area contributed by atoms with Crippen molar-refractivity contribution in [3.8, 4) is 16.9 Å². The van der Waals surface area contributed by atoms with Crippen molar-refractivity contribution in [3.05, 3.63) is 88.9 Å². The average Bonchev–Trinajstić information content (AvgIpc) is 3.04. The van der Waals surface area contributed by atoms with Crippen molar-refractivity contribution in [1.82, 2.24) is 9.78 Å². The number of hydrogen-bond acceptors (Lipinski definition) is 2. The Bertz CT molecular complexity index is 844. The Labute approximate surface area is 134 Å². The molecule has 0 atom stereocenters. The van der Waals surface area contributed by atoms with E-state index in [0.29, 0.717) is 6.54 Å². The molecule has 0 aliphatic rings. The van der Waals surface area contributed by atoms with Gasteiger partial charge in [0, 0.05) is 28.8 Å². The Hall–Kier alpha value is -3.30. The van der Waals surface area contributed by atoms with Crippen LogP contribution in [0.1, 0.15) is 5.56 Å². The molecule has 0 amide bonds. The van der Waals surface area contributed by atoms with Gasteiger partial charge in [0.15, 0.2) is 0 Å². The number of azide groups is 1. The van der Waals surface area contributed by atoms with Gasteiger partial charge < -0.3 is 0 Å². The summed E-state index contributed by atoms with van der Waals surface area (Å²) in [5, 5.41) is 8.23. The fourth-order valence-electron chi connectivity index (χ4n) is 2.31. The largest absolute Gasteiger partial charge is 0.240 e. The smallest absolute Gasteiger partial charge is 0.0999 e. The average molecular weight is 301 g/mol. The van der Waals surface area contributed by atoms with Crippen LogP contribution in [0.2, 0.25) is 0 Å². The number of aromatic nitrogens is 2. The van der Waals surface area contributed by atoms with E-state index in [1.165, 1.54) is 0 Å². The van der Waals surface area contributed by atoms with Crippen LogP contribution in [0.5, 0.6) is 0 Å². The highest BCUT2D eigenvalue weighted by molar-refractivity contribution is 5.72. The van der Waals surface area contributed by atoms with E-state index in [-0.39, 0.29) is 0 Å². The van der Waals surface area contributed by atoms with Crippen LogP contribution in [0.4, 0.5) is 0 Å². The minimum Gasteiger partial charge on any atom is -0.240 e. The third-order valence-electron chi connectivity index (χ3n) is 3.36. The Kier molecular flexibility index (Phi) is 4.52. The molecule has 0 N–H and O–H groups in total. The first-order chi connectivity index (χ1) is 11.4. The summed E-state index contributed by atoms with van der Waals surface area (Å²) in [7, 11) is 0. The lowest BCUT2D eigenvalue weighted by atomic mass is 10.1. The number of hydrogen-bond donors (Lipinski definition) is 0. The van der Waals surface area contributed by atoms with Crippen LogP contribution in [-0.4, -0.2) is 16.3 Å². The lowest BCUT2D eigenvalue weighted by Gasteiger charge is -2.00. The van der Waals surface area contributed by atoms with Gasteiger partial charge in [-0.25, -0.2) is 4.68 Å². The van der Waals surface area contributed by atoms with E-state index in [1.807, 2.05) is 83.7 Å². The first kappa shape index (κ1) is 14.6. The van der Waals surface area contributed by atoms with Gasteiger partial charge in [0.2, 0.25) is 0 Å². The summed E-state index contributed by atoms with van der Waals surface area (Å²) in [6.45, 7) is 0.321. The maximum absolute atomic E-state index is 8.36. The molecule has 2 aromatic carbocycles. The van der Waals surface area contributed by atoms with Gasteiger partial charge >= 0.3 is 0 Å². The van der Waals surface area contributed by atoms with E-state index in [1.54, 1.807) is 0 Å². The number of para-hydroxylation sites is 1. The second kappa shape index (κ2) is 7.11. The second-order valence-corrected chi connectivity index (χ2v) is 4.89. The molecule has 0 bridgehead atoms. The Balaban J connectivity index is 2.03. The predicted octanol–water partition coefficient (Wildman–Crippen LogP) is 4.86. The minimum atomic E-state index is 0.321. The number of rotatable bonds is 5. The lowest BCUT2D eigenvalue weighted by molar-refractivity contribution is 0.884. The molecule has 5 heteroatoms. The summed E-state index contributed by atoms with van der Waals surface area (Å²) < 4.78 is 1.86. The zero-order valence-corrected chi connectivity index (χ0v) is 12.4. The molecule has 3 aromatic rings. The summed E-state index contributed by atoms with van der Waals surface area (Å²) in [6, 6.07) is 20.0. The van der Waals surface area contributed by atoms with E-state index < -0.39 is 0 Å². The second-order valence-electron chi connectivity index (χ2n) is 4.89. The SMILES string of the molecule is [N-]=[N+]=NCC=Cc1cn(-c2ccccc2)nc1-c1ccccc1. The van der Waals surface area contributed by atoms with E-state index in [2.05, 4.69) is 10.0 Å². The fraction of sp³-hybridized carbons (Fsp3) is 0.0556. The molecular weight excluding hydrogens is 286 g/mol. The van der Waals surface area contributed by atoms with Gasteiger partial charge in [0.05, 0.1) is 11.4 Å². The zero-order valence-electron chi connectivity index (χ0n) is 12.4. The van der Waals surface area contributed by atoms with Crippen LogP contribution in [0.3, 0.4) is 0 Å². The van der Waals surface area contributed by atoms with Gasteiger partial charge in [-0.1, -0.05) is 65.8 Å². The Morgan fingerprint density at radius 3 is 2.43 bits per heavy atom. The van der Waals surface area contributed by atoms with Crippen molar-refractivity contribution in [2.45, 2.75) is 0 Å². The van der Waals surface area contributed by atoms with Crippen LogP contribution >= 0.6 is 0 Å². The first-order valence-electron chi connectivity index (χ1n) is 7.26. The van der Waals surface area contributed by atoms with Crippen molar-refractivity contribution in [1.29, 1.82) is 0 Å². The zero-order chi connectivity index (χ0) is 15.9. The van der Waals surface area contributed by atoms with Crippen molar-refractivity contribution in [3.63, 3.8) is 0 Å². The minimum absolute atomic E-state index is 0.321. The van der Waals surface area contributed by atoms with E-state index >= 15 is 0 Å². The quantitative estimate of drug-likeness (QED) is 0.377. The molecule has 23 heavy (non-hydrogen) atoms. The topological polar surface area (TPSA) is 66.6 Å². The highest BCUT2D eigenvalue weighted by Gasteiger charge is 2.09. The monoisotopic (exact) mass is 301 g/mol. The molecule has 0 aliphatic heterocycles. The third-order valence-corrected chi connectivity index (χ3v) is 3.36. The van der Waals surface area contributed by atoms with Gasteiger partial charge in [-0.3, -0.25) is 0 Å². The highest BCUT2D eigenvalue weighted by Crippen LogP contribution is 2.24. The molecule has 1 aromatic heterocycles. The highest BCUT2D eigenvalue weighted by atomic mass is 15.3. The molecule has 112 valence electrons. The molecule has 0 unspecified atom stereocenters. The summed E-state index contributed by atoms with van der Waals surface area (Å²) >= 11 is 0. The first-order valence-corrected chi connectivity index (χ1v) is 7.26. The van der Waals surface area contributed by atoms with Crippen LogP contribution in [0.15, 0.2) is 78.1 Å². The summed E-state index contributed by atoms with van der Waals surface area (Å²) in [6.07, 6.45) is 5.74. The van der Waals surface area contributed by atoms with Crippen LogP contribution in [-0.2, 0) is 0 Å². The van der Waals surface area contributed by atoms with Crippen molar-refractivity contribution in [2.24, 2.45) is 5.11 Å². The standard InChI is InChI=1S/C18H15N5/c19-22-20-13-7-10-16-14-23(17-11-5-2-6-12-17)21-18(16)15-8-3-1-4-9-15/h1-12,14H,13H2.